The average molecular weight is 485 g/mol. The lowest BCUT2D eigenvalue weighted by Gasteiger charge is -2.28. The minimum atomic E-state index is -3.93. The molecule has 3 N–H and O–H groups in total. The van der Waals surface area contributed by atoms with Gasteiger partial charge in [-0.3, -0.25) is 9.69 Å². The zero-order chi connectivity index (χ0) is 24.6. The molecule has 184 valence electrons. The molecule has 2 atom stereocenters. The third-order valence-corrected chi connectivity index (χ3v) is 8.23. The normalized spacial score (nSPS) is 21.4. The Balaban J connectivity index is 1.47. The summed E-state index contributed by atoms with van der Waals surface area (Å²) in [7, 11) is -3.93. The molecule has 2 aromatic rings. The SMILES string of the molecule is Cc1cc(N2CCC(N3CCCC3C)C2)ccc1NC(=O)c1ccc(C(C)C)c(S(N)(=O)=O)c1. The van der Waals surface area contributed by atoms with Crippen LogP contribution in [0.3, 0.4) is 0 Å². The van der Waals surface area contributed by atoms with E-state index in [9.17, 15) is 13.2 Å². The number of carbonyl (C=O) groups excluding carboxylic acids is 1. The van der Waals surface area contributed by atoms with Crippen molar-refractivity contribution in [2.24, 2.45) is 5.14 Å². The Labute approximate surface area is 203 Å². The summed E-state index contributed by atoms with van der Waals surface area (Å²) in [5, 5.41) is 8.34. The van der Waals surface area contributed by atoms with E-state index in [4.69, 9.17) is 5.14 Å². The Morgan fingerprint density at radius 1 is 1.12 bits per heavy atom. The number of amides is 1. The maximum Gasteiger partial charge on any atom is 0.255 e. The van der Waals surface area contributed by atoms with Gasteiger partial charge in [-0.25, -0.2) is 13.6 Å². The lowest BCUT2D eigenvalue weighted by molar-refractivity contribution is 0.102. The van der Waals surface area contributed by atoms with E-state index < -0.39 is 10.0 Å². The quantitative estimate of drug-likeness (QED) is 0.644. The number of hydrogen-bond acceptors (Lipinski definition) is 5. The molecule has 4 rings (SSSR count). The fourth-order valence-electron chi connectivity index (χ4n) is 5.32. The maximum atomic E-state index is 12.9. The van der Waals surface area contributed by atoms with Gasteiger partial charge in [0.25, 0.3) is 5.91 Å². The van der Waals surface area contributed by atoms with Crippen LogP contribution >= 0.6 is 0 Å². The number of nitrogens with two attached hydrogens (primary N) is 1. The smallest absolute Gasteiger partial charge is 0.255 e. The number of carbonyl (C=O) groups is 1. The van der Waals surface area contributed by atoms with Crippen molar-refractivity contribution in [2.75, 3.05) is 29.9 Å². The van der Waals surface area contributed by atoms with Crippen molar-refractivity contribution in [3.05, 3.63) is 53.1 Å². The molecule has 0 radical (unpaired) electrons. The zero-order valence-electron chi connectivity index (χ0n) is 20.5. The predicted octanol–water partition coefficient (Wildman–Crippen LogP) is 4.08. The van der Waals surface area contributed by atoms with Crippen molar-refractivity contribution < 1.29 is 13.2 Å². The Morgan fingerprint density at radius 3 is 2.50 bits per heavy atom. The van der Waals surface area contributed by atoms with Crippen LogP contribution in [-0.2, 0) is 10.0 Å². The highest BCUT2D eigenvalue weighted by atomic mass is 32.2. The molecule has 1 amide bonds. The first-order valence-electron chi connectivity index (χ1n) is 12.1. The topological polar surface area (TPSA) is 95.7 Å². The number of aryl methyl sites for hydroxylation is 1. The van der Waals surface area contributed by atoms with Crippen LogP contribution in [-0.4, -0.2) is 50.9 Å². The Hall–Kier alpha value is -2.42. The van der Waals surface area contributed by atoms with E-state index in [1.54, 1.807) is 12.1 Å². The van der Waals surface area contributed by atoms with Crippen molar-refractivity contribution >= 4 is 27.3 Å². The minimum Gasteiger partial charge on any atom is -0.370 e. The molecule has 0 aromatic heterocycles. The fourth-order valence-corrected chi connectivity index (χ4v) is 6.25. The Bertz CT molecular complexity index is 1180. The van der Waals surface area contributed by atoms with E-state index in [-0.39, 0.29) is 22.3 Å². The second-order valence-corrected chi connectivity index (χ2v) is 11.6. The van der Waals surface area contributed by atoms with E-state index in [2.05, 4.69) is 34.2 Å². The molecule has 2 fully saturated rings. The Morgan fingerprint density at radius 2 is 1.88 bits per heavy atom. The van der Waals surface area contributed by atoms with Gasteiger partial charge in [0, 0.05) is 42.1 Å². The van der Waals surface area contributed by atoms with Gasteiger partial charge in [-0.05, 0) is 87.0 Å². The summed E-state index contributed by atoms with van der Waals surface area (Å²) < 4.78 is 24.1. The number of nitrogens with zero attached hydrogens (tertiary/aromatic N) is 2. The molecule has 0 bridgehead atoms. The van der Waals surface area contributed by atoms with Crippen LogP contribution in [0.4, 0.5) is 11.4 Å². The van der Waals surface area contributed by atoms with Gasteiger partial charge in [0.1, 0.15) is 0 Å². The van der Waals surface area contributed by atoms with E-state index in [1.807, 2.05) is 26.8 Å². The summed E-state index contributed by atoms with van der Waals surface area (Å²) in [4.78, 5) is 18.0. The molecule has 2 saturated heterocycles. The molecule has 0 saturated carbocycles. The van der Waals surface area contributed by atoms with Crippen LogP contribution in [0.15, 0.2) is 41.3 Å². The lowest BCUT2D eigenvalue weighted by atomic mass is 10.0. The highest BCUT2D eigenvalue weighted by Gasteiger charge is 2.33. The molecular weight excluding hydrogens is 448 g/mol. The molecule has 2 unspecified atom stereocenters. The van der Waals surface area contributed by atoms with Crippen molar-refractivity contribution in [3.63, 3.8) is 0 Å². The monoisotopic (exact) mass is 484 g/mol. The van der Waals surface area contributed by atoms with Crippen molar-refractivity contribution in [2.45, 2.75) is 69.9 Å². The second kappa shape index (κ2) is 9.68. The minimum absolute atomic E-state index is 0.00173. The third-order valence-electron chi connectivity index (χ3n) is 7.26. The first-order chi connectivity index (χ1) is 16.0. The summed E-state index contributed by atoms with van der Waals surface area (Å²) >= 11 is 0. The number of sulfonamides is 1. The molecule has 2 aliphatic rings. The second-order valence-electron chi connectivity index (χ2n) is 10.0. The molecule has 0 aliphatic carbocycles. The number of primary sulfonamides is 1. The first-order valence-corrected chi connectivity index (χ1v) is 13.7. The molecule has 0 spiro atoms. The lowest BCUT2D eigenvalue weighted by Crippen LogP contribution is -2.39. The number of likely N-dealkylation sites (tertiary alicyclic amines) is 1. The summed E-state index contributed by atoms with van der Waals surface area (Å²) in [5.41, 5.74) is 3.71. The van der Waals surface area contributed by atoms with E-state index in [1.165, 1.54) is 37.6 Å². The number of benzene rings is 2. The van der Waals surface area contributed by atoms with Gasteiger partial charge in [0.15, 0.2) is 0 Å². The summed E-state index contributed by atoms with van der Waals surface area (Å²) in [6.07, 6.45) is 3.77. The van der Waals surface area contributed by atoms with Crippen molar-refractivity contribution in [3.8, 4) is 0 Å². The van der Waals surface area contributed by atoms with Gasteiger partial charge in [0.2, 0.25) is 10.0 Å². The van der Waals surface area contributed by atoms with Crippen molar-refractivity contribution in [1.29, 1.82) is 0 Å². The molecular formula is C26H36N4O3S. The molecule has 2 aromatic carbocycles. The Kier molecular flexibility index (Phi) is 7.03. The molecule has 8 heteroatoms. The van der Waals surface area contributed by atoms with E-state index in [0.717, 1.165) is 18.7 Å². The zero-order valence-corrected chi connectivity index (χ0v) is 21.4. The van der Waals surface area contributed by atoms with Crippen LogP contribution in [0.1, 0.15) is 67.4 Å². The highest BCUT2D eigenvalue weighted by Crippen LogP contribution is 2.30. The number of nitrogens with one attached hydrogen (secondary N) is 1. The largest absolute Gasteiger partial charge is 0.370 e. The van der Waals surface area contributed by atoms with Gasteiger partial charge < -0.3 is 10.2 Å². The van der Waals surface area contributed by atoms with Crippen LogP contribution in [0.25, 0.3) is 0 Å². The number of hydrogen-bond donors (Lipinski definition) is 2. The summed E-state index contributed by atoms with van der Waals surface area (Å²) in [6.45, 7) is 11.4. The van der Waals surface area contributed by atoms with Crippen LogP contribution in [0.5, 0.6) is 0 Å². The van der Waals surface area contributed by atoms with E-state index in [0.29, 0.717) is 23.3 Å². The number of rotatable bonds is 6. The molecule has 2 heterocycles. The average Bonchev–Trinajstić information content (AvgIpc) is 3.43. The van der Waals surface area contributed by atoms with Gasteiger partial charge in [0.05, 0.1) is 4.90 Å². The highest BCUT2D eigenvalue weighted by molar-refractivity contribution is 7.89. The van der Waals surface area contributed by atoms with Gasteiger partial charge in [-0.2, -0.15) is 0 Å². The van der Waals surface area contributed by atoms with E-state index >= 15 is 0 Å². The fraction of sp³-hybridized carbons (Fsp3) is 0.500. The standard InChI is InChI=1S/C26H36N4O3S/c1-17(2)23-9-7-20(15-25(23)34(27,32)33)26(31)28-24-10-8-21(14-18(24)3)29-13-11-22(16-29)30-12-5-6-19(30)4/h7-10,14-15,17,19,22H,5-6,11-13,16H2,1-4H3,(H,28,31)(H2,27,32,33). The first kappa shape index (κ1) is 24.7. The predicted molar refractivity (Wildman–Crippen MR) is 137 cm³/mol. The van der Waals surface area contributed by atoms with Gasteiger partial charge >= 0.3 is 0 Å². The maximum absolute atomic E-state index is 12.9. The van der Waals surface area contributed by atoms with Gasteiger partial charge in [-0.15, -0.1) is 0 Å². The number of anilines is 2. The van der Waals surface area contributed by atoms with Crippen molar-refractivity contribution in [1.82, 2.24) is 4.90 Å². The third kappa shape index (κ3) is 5.14. The molecule has 2 aliphatic heterocycles. The summed E-state index contributed by atoms with van der Waals surface area (Å²) in [5.74, 6) is -0.389. The summed E-state index contributed by atoms with van der Waals surface area (Å²) in [6, 6.07) is 12.1. The van der Waals surface area contributed by atoms with Crippen LogP contribution < -0.4 is 15.4 Å². The molecule has 34 heavy (non-hydrogen) atoms. The van der Waals surface area contributed by atoms with Crippen LogP contribution in [0, 0.1) is 6.92 Å². The van der Waals surface area contributed by atoms with Crippen LogP contribution in [0.2, 0.25) is 0 Å². The van der Waals surface area contributed by atoms with Gasteiger partial charge in [-0.1, -0.05) is 19.9 Å². The molecule has 7 nitrogen and oxygen atoms in total.